The van der Waals surface area contributed by atoms with Crippen molar-refractivity contribution in [1.82, 2.24) is 0 Å². The maximum Gasteiger partial charge on any atom is 0.125 e. The number of rotatable bonds is 0. The third kappa shape index (κ3) is 1.51. The van der Waals surface area contributed by atoms with Gasteiger partial charge in [-0.1, -0.05) is 12.2 Å². The van der Waals surface area contributed by atoms with Crippen molar-refractivity contribution in [3.8, 4) is 5.75 Å². The molecular formula is C13H16N2OS. The molecule has 2 aliphatic heterocycles. The van der Waals surface area contributed by atoms with E-state index in [0.717, 1.165) is 35.1 Å². The lowest BCUT2D eigenvalue weighted by Crippen LogP contribution is -2.46. The van der Waals surface area contributed by atoms with Crippen LogP contribution in [-0.2, 0) is 6.42 Å². The van der Waals surface area contributed by atoms with Crippen LogP contribution in [0.15, 0.2) is 6.07 Å². The molecule has 0 aromatic heterocycles. The zero-order valence-electron chi connectivity index (χ0n) is 10.3. The van der Waals surface area contributed by atoms with E-state index in [0.29, 0.717) is 0 Å². The van der Waals surface area contributed by atoms with E-state index in [1.165, 1.54) is 11.1 Å². The van der Waals surface area contributed by atoms with Gasteiger partial charge in [-0.3, -0.25) is 0 Å². The van der Waals surface area contributed by atoms with Gasteiger partial charge in [0, 0.05) is 12.0 Å². The number of hydrogen-bond donors (Lipinski definition) is 2. The number of ether oxygens (including phenoxy) is 1. The quantitative estimate of drug-likeness (QED) is 0.692. The highest BCUT2D eigenvalue weighted by Gasteiger charge is 2.33. The first kappa shape index (κ1) is 10.8. The van der Waals surface area contributed by atoms with E-state index >= 15 is 0 Å². The highest BCUT2D eigenvalue weighted by Crippen LogP contribution is 2.43. The molecular weight excluding hydrogens is 232 g/mol. The van der Waals surface area contributed by atoms with E-state index < -0.39 is 0 Å². The Morgan fingerprint density at radius 2 is 2.12 bits per heavy atom. The Labute approximate surface area is 107 Å². The zero-order chi connectivity index (χ0) is 12.2. The molecule has 0 spiro atoms. The highest BCUT2D eigenvalue weighted by molar-refractivity contribution is 7.80. The second kappa shape index (κ2) is 3.35. The Hall–Kier alpha value is -1.29. The van der Waals surface area contributed by atoms with Crippen molar-refractivity contribution in [2.24, 2.45) is 0 Å². The Balaban J connectivity index is 2.20. The maximum absolute atomic E-state index is 5.64. The molecule has 0 radical (unpaired) electrons. The fourth-order valence-corrected chi connectivity index (χ4v) is 2.56. The molecule has 0 aliphatic carbocycles. The van der Waals surface area contributed by atoms with Gasteiger partial charge < -0.3 is 15.4 Å². The predicted molar refractivity (Wildman–Crippen MR) is 74.3 cm³/mol. The van der Waals surface area contributed by atoms with Crippen LogP contribution < -0.4 is 15.4 Å². The van der Waals surface area contributed by atoms with Crippen LogP contribution in [0.5, 0.6) is 5.75 Å². The van der Waals surface area contributed by atoms with Crippen molar-refractivity contribution in [2.75, 3.05) is 17.2 Å². The minimum Gasteiger partial charge on any atom is -0.493 e. The van der Waals surface area contributed by atoms with Crippen LogP contribution in [0.4, 0.5) is 11.4 Å². The molecule has 0 amide bonds. The molecule has 90 valence electrons. The molecule has 1 aromatic rings. The third-order valence-electron chi connectivity index (χ3n) is 3.44. The number of thiocarbonyl (C=S) groups is 1. The molecule has 2 N–H and O–H groups in total. The Kier molecular flexibility index (Phi) is 2.14. The molecule has 0 atom stereocenters. The smallest absolute Gasteiger partial charge is 0.125 e. The average Bonchev–Trinajstić information content (AvgIpc) is 2.69. The second-order valence-corrected chi connectivity index (χ2v) is 5.63. The Bertz CT molecular complexity index is 523. The highest BCUT2D eigenvalue weighted by atomic mass is 32.1. The molecule has 17 heavy (non-hydrogen) atoms. The molecule has 0 saturated heterocycles. The van der Waals surface area contributed by atoms with E-state index in [1.54, 1.807) is 0 Å². The zero-order valence-corrected chi connectivity index (χ0v) is 11.1. The van der Waals surface area contributed by atoms with Gasteiger partial charge in [-0.05, 0) is 32.4 Å². The number of fused-ring (bicyclic) bond motifs is 3. The van der Waals surface area contributed by atoms with Gasteiger partial charge in [0.05, 0.1) is 23.5 Å². The Morgan fingerprint density at radius 3 is 2.88 bits per heavy atom. The first-order chi connectivity index (χ1) is 7.99. The molecule has 0 fully saturated rings. The summed E-state index contributed by atoms with van der Waals surface area (Å²) in [5.74, 6) is 1.01. The van der Waals surface area contributed by atoms with Crippen LogP contribution in [0.2, 0.25) is 0 Å². The summed E-state index contributed by atoms with van der Waals surface area (Å²) in [6.07, 6.45) is 0.968. The summed E-state index contributed by atoms with van der Waals surface area (Å²) in [5, 5.41) is 6.90. The summed E-state index contributed by atoms with van der Waals surface area (Å²) in [6.45, 7) is 7.04. The molecule has 2 aliphatic rings. The Morgan fingerprint density at radius 1 is 1.35 bits per heavy atom. The van der Waals surface area contributed by atoms with Gasteiger partial charge in [-0.15, -0.1) is 0 Å². The van der Waals surface area contributed by atoms with Crippen molar-refractivity contribution in [2.45, 2.75) is 32.7 Å². The molecule has 2 heterocycles. The number of anilines is 2. The molecule has 1 aromatic carbocycles. The number of aryl methyl sites for hydroxylation is 1. The van der Waals surface area contributed by atoms with Gasteiger partial charge in [0.15, 0.2) is 0 Å². The van der Waals surface area contributed by atoms with Crippen LogP contribution in [0, 0.1) is 6.92 Å². The van der Waals surface area contributed by atoms with Gasteiger partial charge in [0.2, 0.25) is 0 Å². The SMILES string of the molecule is Cc1cc2c(c3c1NC(=S)C(C)(C)N3)CCO2. The summed E-state index contributed by atoms with van der Waals surface area (Å²) < 4.78 is 5.64. The van der Waals surface area contributed by atoms with Gasteiger partial charge in [-0.2, -0.15) is 0 Å². The average molecular weight is 248 g/mol. The van der Waals surface area contributed by atoms with Crippen LogP contribution in [-0.4, -0.2) is 17.1 Å². The van der Waals surface area contributed by atoms with Gasteiger partial charge in [0.25, 0.3) is 0 Å². The van der Waals surface area contributed by atoms with Crippen molar-refractivity contribution in [3.05, 3.63) is 17.2 Å². The lowest BCUT2D eigenvalue weighted by atomic mass is 9.96. The normalized spacial score (nSPS) is 19.8. The largest absolute Gasteiger partial charge is 0.493 e. The summed E-state index contributed by atoms with van der Waals surface area (Å²) >= 11 is 5.40. The summed E-state index contributed by atoms with van der Waals surface area (Å²) in [7, 11) is 0. The lowest BCUT2D eigenvalue weighted by molar-refractivity contribution is 0.356. The molecule has 0 saturated carbocycles. The molecule has 4 heteroatoms. The van der Waals surface area contributed by atoms with Crippen molar-refractivity contribution in [1.29, 1.82) is 0 Å². The first-order valence-corrected chi connectivity index (χ1v) is 6.29. The molecule has 3 rings (SSSR count). The van der Waals surface area contributed by atoms with Gasteiger partial charge >= 0.3 is 0 Å². The summed E-state index contributed by atoms with van der Waals surface area (Å²) in [5.41, 5.74) is 4.52. The van der Waals surface area contributed by atoms with E-state index in [9.17, 15) is 0 Å². The van der Waals surface area contributed by atoms with Crippen molar-refractivity contribution < 1.29 is 4.74 Å². The number of hydrogen-bond acceptors (Lipinski definition) is 3. The van der Waals surface area contributed by atoms with Gasteiger partial charge in [0.1, 0.15) is 10.7 Å². The second-order valence-electron chi connectivity index (χ2n) is 5.22. The maximum atomic E-state index is 5.64. The molecule has 0 bridgehead atoms. The third-order valence-corrected chi connectivity index (χ3v) is 4.06. The van der Waals surface area contributed by atoms with E-state index in [2.05, 4.69) is 37.5 Å². The van der Waals surface area contributed by atoms with E-state index in [1.807, 2.05) is 0 Å². The van der Waals surface area contributed by atoms with E-state index in [-0.39, 0.29) is 5.54 Å². The summed E-state index contributed by atoms with van der Waals surface area (Å²) in [4.78, 5) is 0.840. The number of benzene rings is 1. The van der Waals surface area contributed by atoms with Crippen LogP contribution in [0.3, 0.4) is 0 Å². The van der Waals surface area contributed by atoms with Crippen molar-refractivity contribution in [3.63, 3.8) is 0 Å². The fourth-order valence-electron chi connectivity index (χ4n) is 2.41. The van der Waals surface area contributed by atoms with Gasteiger partial charge in [-0.25, -0.2) is 0 Å². The van der Waals surface area contributed by atoms with Crippen LogP contribution >= 0.6 is 12.2 Å². The minimum atomic E-state index is -0.202. The topological polar surface area (TPSA) is 33.3 Å². The standard InChI is InChI=1S/C13H16N2OS/c1-7-6-9-8(4-5-16-9)11-10(7)14-12(17)13(2,3)15-11/h6,15H,4-5H2,1-3H3,(H,14,17). The van der Waals surface area contributed by atoms with E-state index in [4.69, 9.17) is 17.0 Å². The molecule has 3 nitrogen and oxygen atoms in total. The first-order valence-electron chi connectivity index (χ1n) is 5.88. The summed E-state index contributed by atoms with van der Waals surface area (Å²) in [6, 6.07) is 2.09. The van der Waals surface area contributed by atoms with Crippen molar-refractivity contribution >= 4 is 28.6 Å². The molecule has 0 unspecified atom stereocenters. The predicted octanol–water partition coefficient (Wildman–Crippen LogP) is 2.87. The van der Waals surface area contributed by atoms with Crippen LogP contribution in [0.1, 0.15) is 25.0 Å². The minimum absolute atomic E-state index is 0.202. The lowest BCUT2D eigenvalue weighted by Gasteiger charge is -2.37. The monoisotopic (exact) mass is 248 g/mol. The van der Waals surface area contributed by atoms with Crippen LogP contribution in [0.25, 0.3) is 0 Å². The fraction of sp³-hybridized carbons (Fsp3) is 0.462. The number of nitrogens with one attached hydrogen (secondary N) is 2.